The fourth-order valence-electron chi connectivity index (χ4n) is 3.65. The van der Waals surface area contributed by atoms with Crippen LogP contribution in [-0.2, 0) is 6.54 Å². The molecule has 160 valence electrons. The molecule has 0 atom stereocenters. The van der Waals surface area contributed by atoms with Crippen LogP contribution in [0, 0.1) is 5.82 Å². The quantitative estimate of drug-likeness (QED) is 0.578. The van der Waals surface area contributed by atoms with Gasteiger partial charge in [-0.2, -0.15) is 0 Å². The van der Waals surface area contributed by atoms with Crippen molar-refractivity contribution >= 4 is 5.91 Å². The molecule has 4 rings (SSSR count). The Bertz CT molecular complexity index is 1180. The Labute approximate surface area is 177 Å². The van der Waals surface area contributed by atoms with E-state index in [9.17, 15) is 18.8 Å². The third kappa shape index (κ3) is 5.13. The molecule has 1 amide bonds. The second-order valence-corrected chi connectivity index (χ2v) is 7.56. The minimum atomic E-state index is -0.520. The van der Waals surface area contributed by atoms with E-state index in [1.165, 1.54) is 24.5 Å². The summed E-state index contributed by atoms with van der Waals surface area (Å²) in [5.74, 6) is -0.536. The van der Waals surface area contributed by atoms with Crippen LogP contribution < -0.4 is 16.6 Å². The highest BCUT2D eigenvalue weighted by Gasteiger charge is 2.22. The highest BCUT2D eigenvalue weighted by molar-refractivity contribution is 5.94. The van der Waals surface area contributed by atoms with E-state index in [2.05, 4.69) is 25.2 Å². The Morgan fingerprint density at radius 3 is 2.68 bits per heavy atom. The molecule has 0 radical (unpaired) electrons. The number of halogens is 1. The summed E-state index contributed by atoms with van der Waals surface area (Å²) in [5.41, 5.74) is 1.30. The molecular formula is C22H22FN5O3. The standard InChI is InChI=1S/C22H22FN5O3/c23-17-3-1-2-14(10-17)19-5-4-15(11-24-19)20(29)26-18-6-8-28(9-7-18)13-16-12-25-22(31)27-21(16)30/h1-5,10-12,18H,6-9,13H2,(H,26,29)(H2,25,27,30,31). The van der Waals surface area contributed by atoms with Crippen LogP contribution in [0.1, 0.15) is 28.8 Å². The summed E-state index contributed by atoms with van der Waals surface area (Å²) < 4.78 is 13.4. The largest absolute Gasteiger partial charge is 0.349 e. The van der Waals surface area contributed by atoms with E-state index in [1.54, 1.807) is 24.3 Å². The van der Waals surface area contributed by atoms with E-state index in [0.717, 1.165) is 25.9 Å². The van der Waals surface area contributed by atoms with Crippen LogP contribution in [-0.4, -0.2) is 44.9 Å². The van der Waals surface area contributed by atoms with Crippen LogP contribution in [0.4, 0.5) is 4.39 Å². The number of carbonyl (C=O) groups excluding carboxylic acids is 1. The molecule has 1 aromatic carbocycles. The summed E-state index contributed by atoms with van der Waals surface area (Å²) in [6.45, 7) is 1.89. The van der Waals surface area contributed by atoms with Crippen LogP contribution in [0.25, 0.3) is 11.3 Å². The maximum absolute atomic E-state index is 13.4. The number of piperidine rings is 1. The Morgan fingerprint density at radius 2 is 2.00 bits per heavy atom. The summed E-state index contributed by atoms with van der Waals surface area (Å²) in [6, 6.07) is 9.56. The van der Waals surface area contributed by atoms with E-state index < -0.39 is 5.69 Å². The number of hydrogen-bond acceptors (Lipinski definition) is 5. The molecule has 0 spiro atoms. The molecule has 31 heavy (non-hydrogen) atoms. The third-order valence-corrected chi connectivity index (χ3v) is 5.36. The number of hydrogen-bond donors (Lipinski definition) is 3. The molecule has 1 saturated heterocycles. The monoisotopic (exact) mass is 423 g/mol. The van der Waals surface area contributed by atoms with Gasteiger partial charge in [-0.15, -0.1) is 0 Å². The fraction of sp³-hybridized carbons (Fsp3) is 0.273. The number of amides is 1. The lowest BCUT2D eigenvalue weighted by Gasteiger charge is -2.32. The van der Waals surface area contributed by atoms with Gasteiger partial charge < -0.3 is 10.3 Å². The zero-order chi connectivity index (χ0) is 21.8. The van der Waals surface area contributed by atoms with Gasteiger partial charge in [0.2, 0.25) is 0 Å². The Hall–Kier alpha value is -3.59. The lowest BCUT2D eigenvalue weighted by molar-refractivity contribution is 0.0908. The summed E-state index contributed by atoms with van der Waals surface area (Å²) in [5, 5.41) is 3.03. The van der Waals surface area contributed by atoms with Crippen LogP contribution in [0.3, 0.4) is 0 Å². The van der Waals surface area contributed by atoms with Crippen LogP contribution in [0.5, 0.6) is 0 Å². The average Bonchev–Trinajstić information content (AvgIpc) is 2.77. The average molecular weight is 423 g/mol. The molecule has 2 aromatic heterocycles. The van der Waals surface area contributed by atoms with Crippen molar-refractivity contribution in [2.75, 3.05) is 13.1 Å². The van der Waals surface area contributed by atoms with Gasteiger partial charge in [-0.25, -0.2) is 9.18 Å². The SMILES string of the molecule is O=C(NC1CCN(Cc2c[nH]c(=O)[nH]c2=O)CC1)c1ccc(-c2cccc(F)c2)nc1. The van der Waals surface area contributed by atoms with Crippen molar-refractivity contribution in [1.29, 1.82) is 0 Å². The van der Waals surface area contributed by atoms with E-state index in [1.807, 2.05) is 0 Å². The van der Waals surface area contributed by atoms with Crippen molar-refractivity contribution in [3.63, 3.8) is 0 Å². The van der Waals surface area contributed by atoms with Crippen molar-refractivity contribution < 1.29 is 9.18 Å². The molecule has 0 bridgehead atoms. The predicted octanol–water partition coefficient (Wildman–Crippen LogP) is 1.66. The van der Waals surface area contributed by atoms with Gasteiger partial charge in [-0.3, -0.25) is 24.5 Å². The molecule has 3 N–H and O–H groups in total. The number of rotatable bonds is 5. The minimum Gasteiger partial charge on any atom is -0.349 e. The van der Waals surface area contributed by atoms with Crippen molar-refractivity contribution in [2.24, 2.45) is 0 Å². The smallest absolute Gasteiger partial charge is 0.325 e. The first-order valence-corrected chi connectivity index (χ1v) is 10.0. The molecule has 0 saturated carbocycles. The Balaban J connectivity index is 1.30. The van der Waals surface area contributed by atoms with E-state index >= 15 is 0 Å². The third-order valence-electron chi connectivity index (χ3n) is 5.36. The van der Waals surface area contributed by atoms with Crippen LogP contribution in [0.2, 0.25) is 0 Å². The fourth-order valence-corrected chi connectivity index (χ4v) is 3.65. The predicted molar refractivity (Wildman–Crippen MR) is 113 cm³/mol. The number of aromatic nitrogens is 3. The highest BCUT2D eigenvalue weighted by atomic mass is 19.1. The van der Waals surface area contributed by atoms with E-state index in [-0.39, 0.29) is 23.3 Å². The minimum absolute atomic E-state index is 0.0283. The molecule has 3 aromatic rings. The molecule has 1 fully saturated rings. The summed E-state index contributed by atoms with van der Waals surface area (Å²) >= 11 is 0. The molecule has 1 aliphatic rings. The van der Waals surface area contributed by atoms with Gasteiger partial charge in [-0.05, 0) is 37.1 Å². The normalized spacial score (nSPS) is 15.0. The lowest BCUT2D eigenvalue weighted by Crippen LogP contribution is -2.45. The molecule has 3 heterocycles. The number of pyridine rings is 1. The number of nitrogens with zero attached hydrogens (tertiary/aromatic N) is 2. The van der Waals surface area contributed by atoms with Crippen molar-refractivity contribution in [2.45, 2.75) is 25.4 Å². The highest BCUT2D eigenvalue weighted by Crippen LogP contribution is 2.18. The van der Waals surface area contributed by atoms with Gasteiger partial charge in [-0.1, -0.05) is 12.1 Å². The molecule has 1 aliphatic heterocycles. The number of benzene rings is 1. The Kier molecular flexibility index (Phi) is 6.03. The zero-order valence-electron chi connectivity index (χ0n) is 16.7. The molecule has 8 nitrogen and oxygen atoms in total. The second kappa shape index (κ2) is 9.05. The zero-order valence-corrected chi connectivity index (χ0v) is 16.7. The first-order valence-electron chi connectivity index (χ1n) is 10.0. The van der Waals surface area contributed by atoms with E-state index in [4.69, 9.17) is 0 Å². The molecule has 0 aliphatic carbocycles. The first-order chi connectivity index (χ1) is 15.0. The summed E-state index contributed by atoms with van der Waals surface area (Å²) in [7, 11) is 0. The van der Waals surface area contributed by atoms with Crippen molar-refractivity contribution in [3.05, 3.63) is 86.6 Å². The van der Waals surface area contributed by atoms with Gasteiger partial charge >= 0.3 is 5.69 Å². The van der Waals surface area contributed by atoms with Gasteiger partial charge in [0.15, 0.2) is 0 Å². The number of likely N-dealkylation sites (tertiary alicyclic amines) is 1. The van der Waals surface area contributed by atoms with Gasteiger partial charge in [0, 0.05) is 49.2 Å². The number of nitrogens with one attached hydrogen (secondary N) is 3. The lowest BCUT2D eigenvalue weighted by atomic mass is 10.0. The van der Waals surface area contributed by atoms with E-state index in [0.29, 0.717) is 28.9 Å². The second-order valence-electron chi connectivity index (χ2n) is 7.56. The number of carbonyl (C=O) groups is 1. The Morgan fingerprint density at radius 1 is 1.19 bits per heavy atom. The van der Waals surface area contributed by atoms with Gasteiger partial charge in [0.05, 0.1) is 11.3 Å². The van der Waals surface area contributed by atoms with Crippen LogP contribution >= 0.6 is 0 Å². The topological polar surface area (TPSA) is 111 Å². The van der Waals surface area contributed by atoms with Gasteiger partial charge in [0.1, 0.15) is 5.82 Å². The van der Waals surface area contributed by atoms with Gasteiger partial charge in [0.25, 0.3) is 11.5 Å². The van der Waals surface area contributed by atoms with Crippen molar-refractivity contribution in [1.82, 2.24) is 25.2 Å². The van der Waals surface area contributed by atoms with Crippen LogP contribution in [0.15, 0.2) is 58.4 Å². The first kappa shape index (κ1) is 20.7. The molecule has 9 heteroatoms. The molecule has 0 unspecified atom stereocenters. The summed E-state index contributed by atoms with van der Waals surface area (Å²) in [4.78, 5) is 46.6. The van der Waals surface area contributed by atoms with Crippen molar-refractivity contribution in [3.8, 4) is 11.3 Å². The number of H-pyrrole nitrogens is 2. The summed E-state index contributed by atoms with van der Waals surface area (Å²) in [6.07, 6.45) is 4.44. The maximum Gasteiger partial charge on any atom is 0.325 e. The maximum atomic E-state index is 13.4. The molecular weight excluding hydrogens is 401 g/mol. The number of aromatic amines is 2.